The second-order valence-electron chi connectivity index (χ2n) is 4.87. The van der Waals surface area contributed by atoms with E-state index in [-0.39, 0.29) is 11.4 Å². The fourth-order valence-electron chi connectivity index (χ4n) is 2.39. The van der Waals surface area contributed by atoms with E-state index in [0.717, 1.165) is 11.3 Å². The van der Waals surface area contributed by atoms with Crippen LogP contribution in [0.2, 0.25) is 0 Å². The summed E-state index contributed by atoms with van der Waals surface area (Å²) in [6, 6.07) is 10.5. The predicted octanol–water partition coefficient (Wildman–Crippen LogP) is 3.75. The van der Waals surface area contributed by atoms with Crippen molar-refractivity contribution in [3.63, 3.8) is 0 Å². The van der Waals surface area contributed by atoms with Gasteiger partial charge in [0.2, 0.25) is 0 Å². The molecule has 0 amide bonds. The van der Waals surface area contributed by atoms with Gasteiger partial charge in [0.15, 0.2) is 0 Å². The number of fused-ring (bicyclic) bond motifs is 1. The largest absolute Gasteiger partial charge is 0.268 e. The molecule has 0 aliphatic heterocycles. The number of benzene rings is 2. The van der Waals surface area contributed by atoms with Crippen molar-refractivity contribution in [3.8, 4) is 5.69 Å². The molecule has 0 saturated carbocycles. The van der Waals surface area contributed by atoms with Crippen LogP contribution in [0, 0.1) is 23.2 Å². The van der Waals surface area contributed by atoms with E-state index in [1.165, 1.54) is 6.07 Å². The van der Waals surface area contributed by atoms with Crippen molar-refractivity contribution in [2.75, 3.05) is 0 Å². The van der Waals surface area contributed by atoms with Crippen molar-refractivity contribution in [2.24, 2.45) is 0 Å². The van der Waals surface area contributed by atoms with Crippen molar-refractivity contribution >= 4 is 33.5 Å². The van der Waals surface area contributed by atoms with Crippen molar-refractivity contribution in [2.45, 2.75) is 13.8 Å². The molecule has 0 N–H and O–H groups in total. The third-order valence-corrected chi connectivity index (χ3v) is 4.26. The molecule has 0 aliphatic carbocycles. The molecule has 0 fully saturated rings. The van der Waals surface area contributed by atoms with E-state index in [1.807, 2.05) is 53.8 Å². The van der Waals surface area contributed by atoms with E-state index < -0.39 is 0 Å². The molecule has 3 aromatic rings. The average Bonchev–Trinajstić information content (AvgIpc) is 2.43. The van der Waals surface area contributed by atoms with E-state index in [9.17, 15) is 9.18 Å². The zero-order valence-corrected chi connectivity index (χ0v) is 13.7. The molecule has 21 heavy (non-hydrogen) atoms. The van der Waals surface area contributed by atoms with Crippen LogP contribution in [-0.2, 0) is 0 Å². The van der Waals surface area contributed by atoms with Crippen molar-refractivity contribution < 1.29 is 4.39 Å². The monoisotopic (exact) mass is 394 g/mol. The highest BCUT2D eigenvalue weighted by Gasteiger charge is 2.13. The second kappa shape index (κ2) is 5.22. The van der Waals surface area contributed by atoms with Gasteiger partial charge in [0.05, 0.1) is 16.6 Å². The first-order valence-electron chi connectivity index (χ1n) is 6.43. The van der Waals surface area contributed by atoms with Gasteiger partial charge >= 0.3 is 0 Å². The number of hydrogen-bond acceptors (Lipinski definition) is 2. The third kappa shape index (κ3) is 2.35. The number of halogens is 2. The van der Waals surface area contributed by atoms with Gasteiger partial charge in [0.25, 0.3) is 5.56 Å². The first-order chi connectivity index (χ1) is 9.99. The topological polar surface area (TPSA) is 34.9 Å². The zero-order valence-electron chi connectivity index (χ0n) is 11.5. The van der Waals surface area contributed by atoms with Gasteiger partial charge in [0.1, 0.15) is 11.6 Å². The Bertz CT molecular complexity index is 918. The fourth-order valence-corrected chi connectivity index (χ4v) is 2.86. The Morgan fingerprint density at radius 2 is 1.90 bits per heavy atom. The normalized spacial score (nSPS) is 11.0. The maximum atomic E-state index is 13.6. The van der Waals surface area contributed by atoms with E-state index in [2.05, 4.69) is 4.98 Å². The molecule has 0 spiro atoms. The van der Waals surface area contributed by atoms with Crippen LogP contribution in [0.15, 0.2) is 41.2 Å². The lowest BCUT2D eigenvalue weighted by Gasteiger charge is -2.13. The van der Waals surface area contributed by atoms with Gasteiger partial charge in [-0.05, 0) is 54.1 Å². The van der Waals surface area contributed by atoms with Crippen LogP contribution in [0.4, 0.5) is 4.39 Å². The summed E-state index contributed by atoms with van der Waals surface area (Å²) in [7, 11) is 0. The Morgan fingerprint density at radius 3 is 2.62 bits per heavy atom. The summed E-state index contributed by atoms with van der Waals surface area (Å²) in [5, 5.41) is 0.426. The summed E-state index contributed by atoms with van der Waals surface area (Å²) in [5.41, 5.74) is 2.00. The zero-order chi connectivity index (χ0) is 15.1. The minimum absolute atomic E-state index is 0.176. The lowest BCUT2D eigenvalue weighted by molar-refractivity contribution is 0.621. The first kappa shape index (κ1) is 14.2. The van der Waals surface area contributed by atoms with E-state index in [0.29, 0.717) is 20.3 Å². The summed E-state index contributed by atoms with van der Waals surface area (Å²) in [4.78, 5) is 17.1. The molecule has 0 bridgehead atoms. The molecule has 106 valence electrons. The molecule has 0 atom stereocenters. The Morgan fingerprint density at radius 1 is 1.19 bits per heavy atom. The Kier molecular flexibility index (Phi) is 3.52. The highest BCUT2D eigenvalue weighted by molar-refractivity contribution is 14.1. The SMILES string of the molecule is Cc1ccccc1-n1c(C)nc2cc(F)c(I)cc2c1=O. The highest BCUT2D eigenvalue weighted by atomic mass is 127. The lowest BCUT2D eigenvalue weighted by Crippen LogP contribution is -2.23. The number of hydrogen-bond donors (Lipinski definition) is 0. The molecule has 5 heteroatoms. The lowest BCUT2D eigenvalue weighted by atomic mass is 10.2. The molecular formula is C16H12FIN2O. The maximum absolute atomic E-state index is 13.6. The van der Waals surface area contributed by atoms with Crippen LogP contribution < -0.4 is 5.56 Å². The average molecular weight is 394 g/mol. The summed E-state index contributed by atoms with van der Waals surface area (Å²) < 4.78 is 15.6. The highest BCUT2D eigenvalue weighted by Crippen LogP contribution is 2.19. The minimum atomic E-state index is -0.358. The number of para-hydroxylation sites is 1. The van der Waals surface area contributed by atoms with Crippen molar-refractivity contribution in [1.82, 2.24) is 9.55 Å². The molecule has 0 unspecified atom stereocenters. The van der Waals surface area contributed by atoms with Gasteiger partial charge in [0, 0.05) is 9.64 Å². The Labute approximate surface area is 134 Å². The van der Waals surface area contributed by atoms with Crippen LogP contribution in [0.3, 0.4) is 0 Å². The molecular weight excluding hydrogens is 382 g/mol. The van der Waals surface area contributed by atoms with Crippen molar-refractivity contribution in [3.05, 3.63) is 67.5 Å². The van der Waals surface area contributed by atoms with Gasteiger partial charge in [-0.1, -0.05) is 18.2 Å². The van der Waals surface area contributed by atoms with Gasteiger partial charge in [-0.25, -0.2) is 9.37 Å². The number of rotatable bonds is 1. The van der Waals surface area contributed by atoms with E-state index in [4.69, 9.17) is 0 Å². The quantitative estimate of drug-likeness (QED) is 0.590. The minimum Gasteiger partial charge on any atom is -0.268 e. The van der Waals surface area contributed by atoms with E-state index in [1.54, 1.807) is 17.6 Å². The van der Waals surface area contributed by atoms with Crippen LogP contribution in [0.5, 0.6) is 0 Å². The number of aryl methyl sites for hydroxylation is 2. The van der Waals surface area contributed by atoms with Gasteiger partial charge in [-0.2, -0.15) is 0 Å². The summed E-state index contributed by atoms with van der Waals surface area (Å²) in [5.74, 6) is 0.186. The summed E-state index contributed by atoms with van der Waals surface area (Å²) >= 11 is 1.88. The van der Waals surface area contributed by atoms with Gasteiger partial charge < -0.3 is 0 Å². The molecule has 3 rings (SSSR count). The van der Waals surface area contributed by atoms with Crippen molar-refractivity contribution in [1.29, 1.82) is 0 Å². The molecule has 0 radical (unpaired) electrons. The molecule has 0 saturated heterocycles. The Balaban J connectivity index is 2.43. The standard InChI is InChI=1S/C16H12FIN2O/c1-9-5-3-4-6-15(9)20-10(2)19-14-8-12(17)13(18)7-11(14)16(20)21/h3-8H,1-2H3. The molecule has 1 aromatic heterocycles. The van der Waals surface area contributed by atoms with Crippen LogP contribution in [0.25, 0.3) is 16.6 Å². The third-order valence-electron chi connectivity index (χ3n) is 3.43. The summed E-state index contributed by atoms with van der Waals surface area (Å²) in [6.07, 6.45) is 0. The predicted molar refractivity (Wildman–Crippen MR) is 89.5 cm³/mol. The maximum Gasteiger partial charge on any atom is 0.266 e. The van der Waals surface area contributed by atoms with Crippen LogP contribution in [-0.4, -0.2) is 9.55 Å². The number of aromatic nitrogens is 2. The molecule has 3 nitrogen and oxygen atoms in total. The molecule has 0 aliphatic rings. The summed E-state index contributed by atoms with van der Waals surface area (Å²) in [6.45, 7) is 3.70. The number of nitrogens with zero attached hydrogens (tertiary/aromatic N) is 2. The molecule has 2 aromatic carbocycles. The second-order valence-corrected chi connectivity index (χ2v) is 6.03. The van der Waals surface area contributed by atoms with Crippen LogP contribution in [0.1, 0.15) is 11.4 Å². The Hall–Kier alpha value is -1.76. The van der Waals surface area contributed by atoms with Gasteiger partial charge in [-0.15, -0.1) is 0 Å². The van der Waals surface area contributed by atoms with Crippen LogP contribution >= 0.6 is 22.6 Å². The molecule has 1 heterocycles. The smallest absolute Gasteiger partial charge is 0.266 e. The first-order valence-corrected chi connectivity index (χ1v) is 7.51. The van der Waals surface area contributed by atoms with Gasteiger partial charge in [-0.3, -0.25) is 9.36 Å². The fraction of sp³-hybridized carbons (Fsp3) is 0.125. The van der Waals surface area contributed by atoms with E-state index >= 15 is 0 Å².